The molecule has 20 heavy (non-hydrogen) atoms. The molecule has 0 spiro atoms. The third kappa shape index (κ3) is 3.34. The highest BCUT2D eigenvalue weighted by Gasteiger charge is 2.17. The van der Waals surface area contributed by atoms with Gasteiger partial charge in [0, 0.05) is 9.50 Å². The van der Waals surface area contributed by atoms with E-state index in [1.54, 1.807) is 38.1 Å². The molecule has 0 heterocycles. The second-order valence-electron chi connectivity index (χ2n) is 4.36. The molecule has 0 fully saturated rings. The molecule has 0 aliphatic rings. The Kier molecular flexibility index (Phi) is 4.42. The lowest BCUT2D eigenvalue weighted by Gasteiger charge is -2.10. The Hall–Kier alpha value is -1.04. The van der Waals surface area contributed by atoms with Gasteiger partial charge in [-0.3, -0.25) is 0 Å². The minimum atomic E-state index is -3.84. The van der Waals surface area contributed by atoms with Crippen molar-refractivity contribution in [3.8, 4) is 5.75 Å². The normalized spacial score (nSPS) is 11.4. The van der Waals surface area contributed by atoms with Gasteiger partial charge in [0.1, 0.15) is 10.6 Å². The van der Waals surface area contributed by atoms with Crippen molar-refractivity contribution in [3.05, 3.63) is 57.0 Å². The molecule has 6 heteroatoms. The highest BCUT2D eigenvalue weighted by Crippen LogP contribution is 2.28. The largest absolute Gasteiger partial charge is 0.379 e. The van der Waals surface area contributed by atoms with E-state index in [4.69, 9.17) is 15.8 Å². The van der Waals surface area contributed by atoms with E-state index in [0.29, 0.717) is 5.02 Å². The maximum atomic E-state index is 12.1. The SMILES string of the molecule is Cc1cc(OS(=O)(=O)c2ccc(Br)cc2)cc(C)c1Cl. The molecule has 2 aromatic rings. The molecule has 0 aliphatic heterocycles. The lowest BCUT2D eigenvalue weighted by atomic mass is 10.1. The van der Waals surface area contributed by atoms with E-state index in [2.05, 4.69) is 15.9 Å². The first-order chi connectivity index (χ1) is 9.29. The van der Waals surface area contributed by atoms with Crippen molar-refractivity contribution in [2.24, 2.45) is 0 Å². The number of benzene rings is 2. The van der Waals surface area contributed by atoms with Gasteiger partial charge in [-0.15, -0.1) is 0 Å². The summed E-state index contributed by atoms with van der Waals surface area (Å²) in [6.07, 6.45) is 0. The second kappa shape index (κ2) is 5.76. The van der Waals surface area contributed by atoms with Crippen LogP contribution in [0.1, 0.15) is 11.1 Å². The standard InChI is InChI=1S/C14H12BrClO3S/c1-9-7-12(8-10(2)14(9)16)19-20(17,18)13-5-3-11(15)4-6-13/h3-8H,1-2H3. The molecule has 2 aromatic carbocycles. The molecule has 0 aliphatic carbocycles. The van der Waals surface area contributed by atoms with E-state index >= 15 is 0 Å². The first-order valence-electron chi connectivity index (χ1n) is 5.76. The number of halogens is 2. The van der Waals surface area contributed by atoms with Crippen molar-refractivity contribution < 1.29 is 12.6 Å². The second-order valence-corrected chi connectivity index (χ2v) is 7.20. The molecule has 0 amide bonds. The van der Waals surface area contributed by atoms with E-state index in [9.17, 15) is 8.42 Å². The molecule has 0 bridgehead atoms. The summed E-state index contributed by atoms with van der Waals surface area (Å²) in [4.78, 5) is 0.103. The topological polar surface area (TPSA) is 43.4 Å². The summed E-state index contributed by atoms with van der Waals surface area (Å²) in [5.74, 6) is 0.257. The molecule has 0 radical (unpaired) electrons. The molecule has 0 aromatic heterocycles. The summed E-state index contributed by atoms with van der Waals surface area (Å²) in [5, 5.41) is 0.610. The Morgan fingerprint density at radius 3 is 2.05 bits per heavy atom. The predicted octanol–water partition coefficient (Wildman–Crippen LogP) is 4.49. The average Bonchev–Trinajstić information content (AvgIpc) is 2.36. The molecule has 3 nitrogen and oxygen atoms in total. The van der Waals surface area contributed by atoms with Crippen LogP contribution in [0.5, 0.6) is 5.75 Å². The summed E-state index contributed by atoms with van der Waals surface area (Å²) in [7, 11) is -3.84. The number of hydrogen-bond acceptors (Lipinski definition) is 3. The summed E-state index contributed by atoms with van der Waals surface area (Å²) in [6, 6.07) is 9.46. The van der Waals surface area contributed by atoms with Gasteiger partial charge in [0.2, 0.25) is 0 Å². The van der Waals surface area contributed by atoms with E-state index in [-0.39, 0.29) is 10.6 Å². The van der Waals surface area contributed by atoms with Crippen molar-refractivity contribution in [3.63, 3.8) is 0 Å². The van der Waals surface area contributed by atoms with Gasteiger partial charge in [0.05, 0.1) is 0 Å². The Balaban J connectivity index is 2.36. The van der Waals surface area contributed by atoms with Crippen LogP contribution in [0.25, 0.3) is 0 Å². The van der Waals surface area contributed by atoms with Crippen LogP contribution in [0.2, 0.25) is 5.02 Å². The fourth-order valence-corrected chi connectivity index (χ4v) is 3.02. The van der Waals surface area contributed by atoms with Crippen LogP contribution in [0.15, 0.2) is 45.8 Å². The number of aryl methyl sites for hydroxylation is 2. The fraction of sp³-hybridized carbons (Fsp3) is 0.143. The summed E-state index contributed by atoms with van der Waals surface area (Å²) < 4.78 is 30.2. The molecule has 0 unspecified atom stereocenters. The quantitative estimate of drug-likeness (QED) is 0.743. The van der Waals surface area contributed by atoms with Crippen LogP contribution in [-0.2, 0) is 10.1 Å². The smallest absolute Gasteiger partial charge is 0.339 e. The summed E-state index contributed by atoms with van der Waals surface area (Å²) >= 11 is 9.30. The number of rotatable bonds is 3. The van der Waals surface area contributed by atoms with E-state index in [1.165, 1.54) is 12.1 Å². The highest BCUT2D eigenvalue weighted by molar-refractivity contribution is 9.10. The molecular formula is C14H12BrClO3S. The van der Waals surface area contributed by atoms with Crippen LogP contribution < -0.4 is 4.18 Å². The zero-order valence-corrected chi connectivity index (χ0v) is 14.0. The van der Waals surface area contributed by atoms with Gasteiger partial charge in [0.15, 0.2) is 0 Å². The maximum Gasteiger partial charge on any atom is 0.339 e. The Bertz CT molecular complexity index is 717. The molecule has 0 atom stereocenters. The van der Waals surface area contributed by atoms with E-state index < -0.39 is 10.1 Å². The maximum absolute atomic E-state index is 12.1. The average molecular weight is 376 g/mol. The fourth-order valence-electron chi connectivity index (χ4n) is 1.73. The van der Waals surface area contributed by atoms with Crippen molar-refractivity contribution in [1.82, 2.24) is 0 Å². The van der Waals surface area contributed by atoms with Crippen LogP contribution in [-0.4, -0.2) is 8.42 Å². The van der Waals surface area contributed by atoms with Gasteiger partial charge in [-0.2, -0.15) is 8.42 Å². The monoisotopic (exact) mass is 374 g/mol. The van der Waals surface area contributed by atoms with E-state index in [0.717, 1.165) is 15.6 Å². The van der Waals surface area contributed by atoms with Crippen LogP contribution in [0.4, 0.5) is 0 Å². The zero-order valence-electron chi connectivity index (χ0n) is 10.9. The van der Waals surface area contributed by atoms with Crippen LogP contribution in [0.3, 0.4) is 0 Å². The predicted molar refractivity (Wildman–Crippen MR) is 82.9 cm³/mol. The van der Waals surface area contributed by atoms with Gasteiger partial charge in [-0.25, -0.2) is 0 Å². The lowest BCUT2D eigenvalue weighted by Crippen LogP contribution is -2.09. The molecule has 106 valence electrons. The van der Waals surface area contributed by atoms with Crippen molar-refractivity contribution in [2.75, 3.05) is 0 Å². The minimum Gasteiger partial charge on any atom is -0.379 e. The van der Waals surface area contributed by atoms with Gasteiger partial charge < -0.3 is 4.18 Å². The van der Waals surface area contributed by atoms with Gasteiger partial charge in [0.25, 0.3) is 0 Å². The van der Waals surface area contributed by atoms with Crippen LogP contribution >= 0.6 is 27.5 Å². The van der Waals surface area contributed by atoms with Crippen LogP contribution in [0, 0.1) is 13.8 Å². The summed E-state index contributed by atoms with van der Waals surface area (Å²) in [5.41, 5.74) is 1.54. The first kappa shape index (κ1) is 15.4. The molecule has 2 rings (SSSR count). The number of hydrogen-bond donors (Lipinski definition) is 0. The van der Waals surface area contributed by atoms with E-state index in [1.807, 2.05) is 0 Å². The molecular weight excluding hydrogens is 364 g/mol. The Labute approximate surface area is 131 Å². The van der Waals surface area contributed by atoms with Crippen molar-refractivity contribution in [2.45, 2.75) is 18.7 Å². The first-order valence-corrected chi connectivity index (χ1v) is 8.34. The third-order valence-electron chi connectivity index (χ3n) is 2.72. The zero-order chi connectivity index (χ0) is 14.9. The van der Waals surface area contributed by atoms with Gasteiger partial charge in [-0.05, 0) is 61.4 Å². The highest BCUT2D eigenvalue weighted by atomic mass is 79.9. The summed E-state index contributed by atoms with van der Waals surface area (Å²) in [6.45, 7) is 3.60. The molecule has 0 saturated carbocycles. The van der Waals surface area contributed by atoms with Gasteiger partial charge in [-0.1, -0.05) is 27.5 Å². The lowest BCUT2D eigenvalue weighted by molar-refractivity contribution is 0.485. The molecule has 0 saturated heterocycles. The van der Waals surface area contributed by atoms with Crippen molar-refractivity contribution in [1.29, 1.82) is 0 Å². The third-order valence-corrected chi connectivity index (χ3v) is 5.10. The molecule has 0 N–H and O–H groups in total. The van der Waals surface area contributed by atoms with Gasteiger partial charge >= 0.3 is 10.1 Å². The minimum absolute atomic E-state index is 0.103. The Morgan fingerprint density at radius 1 is 1.05 bits per heavy atom. The Morgan fingerprint density at radius 2 is 1.55 bits per heavy atom. The van der Waals surface area contributed by atoms with Crippen molar-refractivity contribution >= 4 is 37.6 Å².